The Hall–Kier alpha value is -4.42. The highest BCUT2D eigenvalue weighted by molar-refractivity contribution is 5.83. The summed E-state index contributed by atoms with van der Waals surface area (Å²) in [6, 6.07) is 16.5. The molecule has 4 aromatic rings. The molecule has 0 radical (unpaired) electrons. The second-order valence-electron chi connectivity index (χ2n) is 8.83. The highest BCUT2D eigenvalue weighted by Crippen LogP contribution is 2.31. The van der Waals surface area contributed by atoms with Gasteiger partial charge in [0.05, 0.1) is 44.7 Å². The van der Waals surface area contributed by atoms with Gasteiger partial charge in [-0.2, -0.15) is 5.26 Å². The van der Waals surface area contributed by atoms with E-state index in [4.69, 9.17) is 23.9 Å². The second kappa shape index (κ2) is 11.3. The molecule has 0 bridgehead atoms. The number of halogens is 1. The number of morpholine rings is 1. The summed E-state index contributed by atoms with van der Waals surface area (Å²) in [5, 5.41) is 10.0. The molecule has 0 N–H and O–H groups in total. The maximum atomic E-state index is 14.0. The van der Waals surface area contributed by atoms with Gasteiger partial charge in [-0.1, -0.05) is 18.2 Å². The molecule has 1 aliphatic rings. The van der Waals surface area contributed by atoms with E-state index in [0.717, 1.165) is 30.0 Å². The first-order chi connectivity index (χ1) is 18.6. The van der Waals surface area contributed by atoms with Crippen LogP contribution >= 0.6 is 0 Å². The molecule has 194 valence electrons. The normalized spacial score (nSPS) is 13.3. The van der Waals surface area contributed by atoms with Crippen molar-refractivity contribution in [3.05, 3.63) is 82.8 Å². The molecule has 5 rings (SSSR count). The van der Waals surface area contributed by atoms with Crippen LogP contribution < -0.4 is 19.1 Å². The summed E-state index contributed by atoms with van der Waals surface area (Å²) in [7, 11) is 2.99. The van der Waals surface area contributed by atoms with E-state index < -0.39 is 5.82 Å². The van der Waals surface area contributed by atoms with Crippen LogP contribution in [-0.4, -0.2) is 50.5 Å². The molecular formula is C29H27FN4O4. The molecule has 0 aliphatic carbocycles. The van der Waals surface area contributed by atoms with Gasteiger partial charge in [0, 0.05) is 13.1 Å². The zero-order valence-corrected chi connectivity index (χ0v) is 21.2. The standard InChI is InChI=1S/C29H27FN4O4/c1-35-25-7-4-20(14-23(25)30)18-38-26-8-3-19(15-27(26)36-2)13-21-5-6-24-29(22(21)16-31)33-28(17-32-24)34-9-11-37-12-10-34/h3-8,14-15,17H,9-13,18H2,1-2H3. The molecule has 0 spiro atoms. The van der Waals surface area contributed by atoms with Crippen molar-refractivity contribution in [2.75, 3.05) is 45.4 Å². The van der Waals surface area contributed by atoms with Gasteiger partial charge < -0.3 is 23.8 Å². The lowest BCUT2D eigenvalue weighted by atomic mass is 9.98. The summed E-state index contributed by atoms with van der Waals surface area (Å²) in [6.45, 7) is 2.93. The fourth-order valence-corrected chi connectivity index (χ4v) is 4.45. The number of hydrogen-bond donors (Lipinski definition) is 0. The lowest BCUT2D eigenvalue weighted by Crippen LogP contribution is -2.36. The maximum Gasteiger partial charge on any atom is 0.165 e. The molecule has 38 heavy (non-hydrogen) atoms. The van der Waals surface area contributed by atoms with Crippen molar-refractivity contribution in [1.82, 2.24) is 9.97 Å². The van der Waals surface area contributed by atoms with Crippen molar-refractivity contribution < 1.29 is 23.3 Å². The average Bonchev–Trinajstić information content (AvgIpc) is 2.96. The van der Waals surface area contributed by atoms with E-state index >= 15 is 0 Å². The quantitative estimate of drug-likeness (QED) is 0.335. The van der Waals surface area contributed by atoms with Crippen LogP contribution in [0.5, 0.6) is 17.2 Å². The summed E-state index contributed by atoms with van der Waals surface area (Å²) in [6.07, 6.45) is 2.25. The van der Waals surface area contributed by atoms with E-state index in [2.05, 4.69) is 16.0 Å². The van der Waals surface area contributed by atoms with Crippen LogP contribution in [0.3, 0.4) is 0 Å². The summed E-state index contributed by atoms with van der Waals surface area (Å²) in [4.78, 5) is 11.5. The Labute approximate surface area is 220 Å². The van der Waals surface area contributed by atoms with Gasteiger partial charge in [0.15, 0.2) is 23.1 Å². The van der Waals surface area contributed by atoms with Crippen LogP contribution in [-0.2, 0) is 17.8 Å². The summed E-state index contributed by atoms with van der Waals surface area (Å²) < 4.78 is 35.9. The number of methoxy groups -OCH3 is 2. The summed E-state index contributed by atoms with van der Waals surface area (Å²) in [5.41, 5.74) is 4.23. The monoisotopic (exact) mass is 514 g/mol. The number of aromatic nitrogens is 2. The molecule has 2 heterocycles. The van der Waals surface area contributed by atoms with Gasteiger partial charge in [-0.25, -0.2) is 9.37 Å². The molecule has 9 heteroatoms. The third-order valence-corrected chi connectivity index (χ3v) is 6.47. The Balaban J connectivity index is 1.37. The van der Waals surface area contributed by atoms with Gasteiger partial charge in [0.1, 0.15) is 24.0 Å². The molecule has 1 fully saturated rings. The topological polar surface area (TPSA) is 89.7 Å². The van der Waals surface area contributed by atoms with Crippen LogP contribution in [0, 0.1) is 17.1 Å². The molecule has 0 atom stereocenters. The molecule has 0 unspecified atom stereocenters. The van der Waals surface area contributed by atoms with Crippen molar-refractivity contribution in [3.8, 4) is 23.3 Å². The van der Waals surface area contributed by atoms with Crippen LogP contribution in [0.15, 0.2) is 54.7 Å². The van der Waals surface area contributed by atoms with Crippen LogP contribution in [0.2, 0.25) is 0 Å². The van der Waals surface area contributed by atoms with Gasteiger partial charge in [0.25, 0.3) is 0 Å². The summed E-state index contributed by atoms with van der Waals surface area (Å²) in [5.74, 6) is 1.57. The third-order valence-electron chi connectivity index (χ3n) is 6.47. The highest BCUT2D eigenvalue weighted by atomic mass is 19.1. The van der Waals surface area contributed by atoms with E-state index in [1.165, 1.54) is 13.2 Å². The maximum absolute atomic E-state index is 14.0. The molecule has 0 amide bonds. The SMILES string of the molecule is COc1ccc(COc2ccc(Cc3ccc4ncc(N5CCOCC5)nc4c3C#N)cc2OC)cc1F. The number of nitriles is 1. The van der Waals surface area contributed by atoms with Crippen LogP contribution in [0.1, 0.15) is 22.3 Å². The van der Waals surface area contributed by atoms with Gasteiger partial charge in [-0.05, 0) is 53.4 Å². The smallest absolute Gasteiger partial charge is 0.165 e. The fourth-order valence-electron chi connectivity index (χ4n) is 4.45. The summed E-state index contributed by atoms with van der Waals surface area (Å²) >= 11 is 0. The lowest BCUT2D eigenvalue weighted by molar-refractivity contribution is 0.122. The van der Waals surface area contributed by atoms with Gasteiger partial charge in [-0.3, -0.25) is 4.98 Å². The number of ether oxygens (including phenoxy) is 4. The van der Waals surface area contributed by atoms with Crippen molar-refractivity contribution in [3.63, 3.8) is 0 Å². The zero-order chi connectivity index (χ0) is 26.5. The second-order valence-corrected chi connectivity index (χ2v) is 8.83. The van der Waals surface area contributed by atoms with E-state index in [0.29, 0.717) is 53.3 Å². The predicted octanol–water partition coefficient (Wildman–Crippen LogP) is 4.66. The van der Waals surface area contributed by atoms with Gasteiger partial charge >= 0.3 is 0 Å². The first kappa shape index (κ1) is 25.2. The average molecular weight is 515 g/mol. The molecule has 1 aliphatic heterocycles. The number of nitrogens with zero attached hydrogens (tertiary/aromatic N) is 4. The number of fused-ring (bicyclic) bond motifs is 1. The van der Waals surface area contributed by atoms with Crippen LogP contribution in [0.25, 0.3) is 11.0 Å². The number of benzene rings is 3. The fraction of sp³-hybridized carbons (Fsp3) is 0.276. The minimum Gasteiger partial charge on any atom is -0.494 e. The molecule has 8 nitrogen and oxygen atoms in total. The number of rotatable bonds is 8. The van der Waals surface area contributed by atoms with E-state index in [1.54, 1.807) is 25.4 Å². The van der Waals surface area contributed by atoms with Crippen molar-refractivity contribution >= 4 is 16.9 Å². The molecule has 0 saturated carbocycles. The van der Waals surface area contributed by atoms with E-state index in [-0.39, 0.29) is 12.4 Å². The largest absolute Gasteiger partial charge is 0.494 e. The van der Waals surface area contributed by atoms with Crippen LogP contribution in [0.4, 0.5) is 10.2 Å². The number of anilines is 1. The minimum atomic E-state index is -0.443. The van der Waals surface area contributed by atoms with E-state index in [1.807, 2.05) is 30.3 Å². The number of hydrogen-bond acceptors (Lipinski definition) is 8. The zero-order valence-electron chi connectivity index (χ0n) is 21.2. The molecular weight excluding hydrogens is 487 g/mol. The van der Waals surface area contributed by atoms with Crippen molar-refractivity contribution in [2.24, 2.45) is 0 Å². The third kappa shape index (κ3) is 5.31. The Bertz CT molecular complexity index is 1500. The molecule has 3 aromatic carbocycles. The molecule has 1 saturated heterocycles. The van der Waals surface area contributed by atoms with E-state index in [9.17, 15) is 9.65 Å². The predicted molar refractivity (Wildman–Crippen MR) is 140 cm³/mol. The van der Waals surface area contributed by atoms with Crippen molar-refractivity contribution in [1.29, 1.82) is 5.26 Å². The Morgan fingerprint density at radius 3 is 2.47 bits per heavy atom. The highest BCUT2D eigenvalue weighted by Gasteiger charge is 2.17. The Morgan fingerprint density at radius 1 is 0.974 bits per heavy atom. The Kier molecular flexibility index (Phi) is 7.52. The molecule has 1 aromatic heterocycles. The minimum absolute atomic E-state index is 0.171. The van der Waals surface area contributed by atoms with Gasteiger partial charge in [-0.15, -0.1) is 0 Å². The first-order valence-corrected chi connectivity index (χ1v) is 12.2. The lowest BCUT2D eigenvalue weighted by Gasteiger charge is -2.27. The first-order valence-electron chi connectivity index (χ1n) is 12.2. The Morgan fingerprint density at radius 2 is 1.74 bits per heavy atom. The van der Waals surface area contributed by atoms with Gasteiger partial charge in [0.2, 0.25) is 0 Å². The van der Waals surface area contributed by atoms with Crippen molar-refractivity contribution in [2.45, 2.75) is 13.0 Å².